The maximum atomic E-state index is 11.6. The SMILES string of the molecule is O=C(CCN1CCCCC1)NCc1cc(=O)[nH][nH]1. The van der Waals surface area contributed by atoms with Crippen molar-refractivity contribution in [3.8, 4) is 0 Å². The van der Waals surface area contributed by atoms with Crippen molar-refractivity contribution in [2.24, 2.45) is 0 Å². The summed E-state index contributed by atoms with van der Waals surface area (Å²) in [6, 6.07) is 1.45. The minimum Gasteiger partial charge on any atom is -0.350 e. The van der Waals surface area contributed by atoms with E-state index in [4.69, 9.17) is 0 Å². The number of carbonyl (C=O) groups excluding carboxylic acids is 1. The van der Waals surface area contributed by atoms with Crippen LogP contribution < -0.4 is 10.9 Å². The predicted molar refractivity (Wildman–Crippen MR) is 68.2 cm³/mol. The first-order chi connectivity index (χ1) is 8.74. The number of amides is 1. The Bertz CT molecular complexity index is 431. The van der Waals surface area contributed by atoms with Gasteiger partial charge in [0.15, 0.2) is 0 Å². The Morgan fingerprint density at radius 1 is 1.28 bits per heavy atom. The van der Waals surface area contributed by atoms with Crippen LogP contribution in [0, 0.1) is 0 Å². The summed E-state index contributed by atoms with van der Waals surface area (Å²) in [6.45, 7) is 3.42. The first kappa shape index (κ1) is 12.9. The monoisotopic (exact) mass is 252 g/mol. The second kappa shape index (κ2) is 6.39. The van der Waals surface area contributed by atoms with Gasteiger partial charge in [-0.25, -0.2) is 0 Å². The summed E-state index contributed by atoms with van der Waals surface area (Å²) in [6.07, 6.45) is 4.32. The molecule has 6 heteroatoms. The van der Waals surface area contributed by atoms with E-state index < -0.39 is 0 Å². The summed E-state index contributed by atoms with van der Waals surface area (Å²) < 4.78 is 0. The number of hydrogen-bond donors (Lipinski definition) is 3. The summed E-state index contributed by atoms with van der Waals surface area (Å²) in [5.74, 6) is 0.0302. The van der Waals surface area contributed by atoms with Gasteiger partial charge in [0.1, 0.15) is 0 Å². The highest BCUT2D eigenvalue weighted by molar-refractivity contribution is 5.75. The number of aromatic amines is 2. The Morgan fingerprint density at radius 3 is 2.72 bits per heavy atom. The molecule has 1 aromatic rings. The van der Waals surface area contributed by atoms with Crippen molar-refractivity contribution in [3.63, 3.8) is 0 Å². The van der Waals surface area contributed by atoms with Crippen molar-refractivity contribution in [2.75, 3.05) is 19.6 Å². The maximum absolute atomic E-state index is 11.6. The average molecular weight is 252 g/mol. The topological polar surface area (TPSA) is 81.0 Å². The van der Waals surface area contributed by atoms with E-state index in [-0.39, 0.29) is 11.5 Å². The van der Waals surface area contributed by atoms with Crippen LogP contribution in [0.3, 0.4) is 0 Å². The van der Waals surface area contributed by atoms with E-state index in [0.29, 0.717) is 18.7 Å². The molecule has 0 bridgehead atoms. The fourth-order valence-corrected chi connectivity index (χ4v) is 2.19. The second-order valence-corrected chi connectivity index (χ2v) is 4.71. The van der Waals surface area contributed by atoms with Crippen LogP contribution >= 0.6 is 0 Å². The molecule has 3 N–H and O–H groups in total. The van der Waals surface area contributed by atoms with Crippen molar-refractivity contribution in [2.45, 2.75) is 32.2 Å². The zero-order chi connectivity index (χ0) is 12.8. The number of nitrogens with zero attached hydrogens (tertiary/aromatic N) is 1. The summed E-state index contributed by atoms with van der Waals surface area (Å²) in [5, 5.41) is 7.94. The quantitative estimate of drug-likeness (QED) is 0.700. The molecular weight excluding hydrogens is 232 g/mol. The number of rotatable bonds is 5. The lowest BCUT2D eigenvalue weighted by molar-refractivity contribution is -0.121. The molecule has 0 unspecified atom stereocenters. The van der Waals surface area contributed by atoms with Gasteiger partial charge in [-0.2, -0.15) is 0 Å². The van der Waals surface area contributed by atoms with Crippen molar-refractivity contribution in [1.82, 2.24) is 20.4 Å². The number of aromatic nitrogens is 2. The third kappa shape index (κ3) is 4.03. The largest absolute Gasteiger partial charge is 0.350 e. The number of piperidine rings is 1. The summed E-state index contributed by atoms with van der Waals surface area (Å²) in [5.41, 5.74) is 0.527. The average Bonchev–Trinajstić information content (AvgIpc) is 2.81. The Morgan fingerprint density at radius 2 is 2.06 bits per heavy atom. The summed E-state index contributed by atoms with van der Waals surface area (Å²) in [4.78, 5) is 24.8. The molecule has 1 amide bonds. The Balaban J connectivity index is 1.64. The number of nitrogens with one attached hydrogen (secondary N) is 3. The number of hydrogen-bond acceptors (Lipinski definition) is 3. The Labute approximate surface area is 106 Å². The van der Waals surface area contributed by atoms with Gasteiger partial charge in [0.05, 0.1) is 12.2 Å². The molecule has 1 saturated heterocycles. The molecule has 2 heterocycles. The zero-order valence-corrected chi connectivity index (χ0v) is 10.5. The van der Waals surface area contributed by atoms with E-state index in [1.165, 1.54) is 25.3 Å². The molecular formula is C12H20N4O2. The van der Waals surface area contributed by atoms with Crippen LogP contribution in [-0.4, -0.2) is 40.6 Å². The van der Waals surface area contributed by atoms with Crippen LogP contribution in [0.1, 0.15) is 31.4 Å². The van der Waals surface area contributed by atoms with Gasteiger partial charge in [-0.15, -0.1) is 0 Å². The van der Waals surface area contributed by atoms with Gasteiger partial charge in [-0.05, 0) is 25.9 Å². The third-order valence-electron chi connectivity index (χ3n) is 3.23. The lowest BCUT2D eigenvalue weighted by Crippen LogP contribution is -2.34. The van der Waals surface area contributed by atoms with E-state index in [1.807, 2.05) is 0 Å². The summed E-state index contributed by atoms with van der Waals surface area (Å²) in [7, 11) is 0. The molecule has 0 radical (unpaired) electrons. The Kier molecular flexibility index (Phi) is 4.58. The summed E-state index contributed by atoms with van der Waals surface area (Å²) >= 11 is 0. The first-order valence-electron chi connectivity index (χ1n) is 6.49. The molecule has 0 aliphatic carbocycles. The van der Waals surface area contributed by atoms with Gasteiger partial charge in [0.2, 0.25) is 5.91 Å². The van der Waals surface area contributed by atoms with Crippen molar-refractivity contribution >= 4 is 5.91 Å². The molecule has 1 aliphatic rings. The van der Waals surface area contributed by atoms with E-state index in [9.17, 15) is 9.59 Å². The lowest BCUT2D eigenvalue weighted by Gasteiger charge is -2.25. The van der Waals surface area contributed by atoms with Gasteiger partial charge in [-0.3, -0.25) is 14.7 Å². The number of H-pyrrole nitrogens is 2. The molecule has 0 atom stereocenters. The van der Waals surface area contributed by atoms with Gasteiger partial charge in [0.25, 0.3) is 5.56 Å². The molecule has 1 aliphatic heterocycles. The molecule has 0 spiro atoms. The molecule has 100 valence electrons. The zero-order valence-electron chi connectivity index (χ0n) is 10.5. The number of likely N-dealkylation sites (tertiary alicyclic amines) is 1. The second-order valence-electron chi connectivity index (χ2n) is 4.71. The van der Waals surface area contributed by atoms with Gasteiger partial charge in [-0.1, -0.05) is 6.42 Å². The van der Waals surface area contributed by atoms with Crippen LogP contribution in [-0.2, 0) is 11.3 Å². The van der Waals surface area contributed by atoms with Gasteiger partial charge < -0.3 is 15.3 Å². The highest BCUT2D eigenvalue weighted by Gasteiger charge is 2.11. The minimum atomic E-state index is -0.174. The number of carbonyl (C=O) groups is 1. The van der Waals surface area contributed by atoms with Crippen LogP contribution in [0.25, 0.3) is 0 Å². The molecule has 2 rings (SSSR count). The fraction of sp³-hybridized carbons (Fsp3) is 0.667. The molecule has 1 aromatic heterocycles. The van der Waals surface area contributed by atoms with Crippen LogP contribution in [0.5, 0.6) is 0 Å². The highest BCUT2D eigenvalue weighted by atomic mass is 16.1. The third-order valence-corrected chi connectivity index (χ3v) is 3.23. The van der Waals surface area contributed by atoms with Gasteiger partial charge >= 0.3 is 0 Å². The Hall–Kier alpha value is -1.56. The van der Waals surface area contributed by atoms with Crippen LogP contribution in [0.15, 0.2) is 10.9 Å². The molecule has 0 aromatic carbocycles. The van der Waals surface area contributed by atoms with Crippen LogP contribution in [0.2, 0.25) is 0 Å². The van der Waals surface area contributed by atoms with E-state index in [2.05, 4.69) is 20.4 Å². The van der Waals surface area contributed by atoms with Gasteiger partial charge in [0, 0.05) is 19.0 Å². The fourth-order valence-electron chi connectivity index (χ4n) is 2.19. The van der Waals surface area contributed by atoms with Crippen molar-refractivity contribution < 1.29 is 4.79 Å². The minimum absolute atomic E-state index is 0.0302. The van der Waals surface area contributed by atoms with Crippen molar-refractivity contribution in [3.05, 3.63) is 22.1 Å². The smallest absolute Gasteiger partial charge is 0.264 e. The first-order valence-corrected chi connectivity index (χ1v) is 6.49. The normalized spacial score (nSPS) is 16.7. The molecule has 6 nitrogen and oxygen atoms in total. The highest BCUT2D eigenvalue weighted by Crippen LogP contribution is 2.08. The molecule has 18 heavy (non-hydrogen) atoms. The lowest BCUT2D eigenvalue weighted by atomic mass is 10.1. The van der Waals surface area contributed by atoms with Crippen molar-refractivity contribution in [1.29, 1.82) is 0 Å². The van der Waals surface area contributed by atoms with E-state index in [1.54, 1.807) is 0 Å². The maximum Gasteiger partial charge on any atom is 0.264 e. The standard InChI is InChI=1S/C12H20N4O2/c17-11(4-7-16-5-2-1-3-6-16)13-9-10-8-12(18)15-14-10/h8H,1-7,9H2,(H,13,17)(H2,14,15,18). The molecule has 0 saturated carbocycles. The molecule has 1 fully saturated rings. The van der Waals surface area contributed by atoms with E-state index in [0.717, 1.165) is 19.6 Å². The van der Waals surface area contributed by atoms with Crippen LogP contribution in [0.4, 0.5) is 0 Å². The predicted octanol–water partition coefficient (Wildman–Crippen LogP) is 0.195. The van der Waals surface area contributed by atoms with E-state index >= 15 is 0 Å².